The second-order valence-electron chi connectivity index (χ2n) is 7.20. The molecule has 4 rings (SSSR count). The number of benzene rings is 2. The third-order valence-corrected chi connectivity index (χ3v) is 7.09. The Labute approximate surface area is 164 Å². The van der Waals surface area contributed by atoms with Crippen LogP contribution >= 0.6 is 11.6 Å². The molecule has 0 saturated heterocycles. The van der Waals surface area contributed by atoms with E-state index in [2.05, 4.69) is 16.1 Å². The second-order valence-corrected chi connectivity index (χ2v) is 9.35. The summed E-state index contributed by atoms with van der Waals surface area (Å²) in [7, 11) is -3.74. The van der Waals surface area contributed by atoms with Gasteiger partial charge in [-0.05, 0) is 60.9 Å². The Morgan fingerprint density at radius 1 is 1.11 bits per heavy atom. The molecule has 2 N–H and O–H groups in total. The Morgan fingerprint density at radius 3 is 2.67 bits per heavy atom. The van der Waals surface area contributed by atoms with Crippen LogP contribution in [-0.4, -0.2) is 20.9 Å². The third-order valence-electron chi connectivity index (χ3n) is 5.18. The average Bonchev–Trinajstić information content (AvgIpc) is 3.41. The zero-order chi connectivity index (χ0) is 19.0. The predicted octanol–water partition coefficient (Wildman–Crippen LogP) is 3.45. The highest BCUT2D eigenvalue weighted by atomic mass is 35.5. The molecule has 7 heteroatoms. The summed E-state index contributed by atoms with van der Waals surface area (Å²) < 4.78 is 27.7. The van der Waals surface area contributed by atoms with Gasteiger partial charge in [-0.25, -0.2) is 13.1 Å². The van der Waals surface area contributed by atoms with Gasteiger partial charge in [-0.1, -0.05) is 35.9 Å². The highest BCUT2D eigenvalue weighted by molar-refractivity contribution is 7.89. The van der Waals surface area contributed by atoms with Crippen molar-refractivity contribution >= 4 is 27.5 Å². The van der Waals surface area contributed by atoms with Gasteiger partial charge in [0.1, 0.15) is 4.90 Å². The van der Waals surface area contributed by atoms with Crippen molar-refractivity contribution in [3.63, 3.8) is 0 Å². The zero-order valence-electron chi connectivity index (χ0n) is 14.7. The van der Waals surface area contributed by atoms with Crippen molar-refractivity contribution in [3.8, 4) is 0 Å². The van der Waals surface area contributed by atoms with Crippen LogP contribution in [0.25, 0.3) is 0 Å². The molecule has 1 atom stereocenters. The second kappa shape index (κ2) is 7.26. The molecule has 2 aromatic rings. The van der Waals surface area contributed by atoms with Gasteiger partial charge < -0.3 is 5.32 Å². The lowest BCUT2D eigenvalue weighted by Crippen LogP contribution is -2.28. The number of rotatable bonds is 6. The van der Waals surface area contributed by atoms with Gasteiger partial charge >= 0.3 is 0 Å². The highest BCUT2D eigenvalue weighted by Crippen LogP contribution is 2.32. The predicted molar refractivity (Wildman–Crippen MR) is 104 cm³/mol. The normalized spacial score (nSPS) is 18.9. The number of hydrogen-bond acceptors (Lipinski definition) is 3. The molecule has 2 aromatic carbocycles. The van der Waals surface area contributed by atoms with Crippen LogP contribution in [0.15, 0.2) is 47.4 Å². The van der Waals surface area contributed by atoms with E-state index in [4.69, 9.17) is 11.6 Å². The summed E-state index contributed by atoms with van der Waals surface area (Å²) in [5.41, 5.74) is 2.65. The topological polar surface area (TPSA) is 75.3 Å². The Morgan fingerprint density at radius 2 is 1.89 bits per heavy atom. The van der Waals surface area contributed by atoms with Crippen molar-refractivity contribution < 1.29 is 13.2 Å². The first-order valence-corrected chi connectivity index (χ1v) is 11.0. The van der Waals surface area contributed by atoms with Gasteiger partial charge in [0.05, 0.1) is 11.1 Å². The molecule has 5 nitrogen and oxygen atoms in total. The van der Waals surface area contributed by atoms with Crippen molar-refractivity contribution in [2.24, 2.45) is 5.92 Å². The van der Waals surface area contributed by atoms with Crippen molar-refractivity contribution in [1.82, 2.24) is 10.0 Å². The molecule has 1 amide bonds. The highest BCUT2D eigenvalue weighted by Gasteiger charge is 2.27. The van der Waals surface area contributed by atoms with Crippen LogP contribution in [0.1, 0.15) is 46.8 Å². The smallest absolute Gasteiger partial charge is 0.251 e. The van der Waals surface area contributed by atoms with Crippen molar-refractivity contribution in [2.75, 3.05) is 6.54 Å². The summed E-state index contributed by atoms with van der Waals surface area (Å²) in [6, 6.07) is 12.4. The number of carbonyl (C=O) groups excluding carboxylic acids is 1. The van der Waals surface area contributed by atoms with E-state index in [0.29, 0.717) is 12.5 Å². The van der Waals surface area contributed by atoms with Crippen molar-refractivity contribution in [2.45, 2.75) is 36.6 Å². The minimum absolute atomic E-state index is 0.0516. The molecule has 1 fully saturated rings. The molecule has 1 unspecified atom stereocenters. The van der Waals surface area contributed by atoms with E-state index in [-0.39, 0.29) is 27.4 Å². The van der Waals surface area contributed by atoms with E-state index < -0.39 is 10.0 Å². The molecule has 0 radical (unpaired) electrons. The molecule has 27 heavy (non-hydrogen) atoms. The van der Waals surface area contributed by atoms with E-state index in [1.165, 1.54) is 17.7 Å². The number of halogens is 1. The first kappa shape index (κ1) is 18.5. The van der Waals surface area contributed by atoms with Crippen LogP contribution < -0.4 is 10.0 Å². The molecule has 0 spiro atoms. The number of sulfonamides is 1. The number of fused-ring (bicyclic) bond motifs is 1. The first-order chi connectivity index (χ1) is 12.9. The maximum atomic E-state index is 12.7. The van der Waals surface area contributed by atoms with Gasteiger partial charge in [0.2, 0.25) is 10.0 Å². The summed E-state index contributed by atoms with van der Waals surface area (Å²) in [6.45, 7) is 0.411. The van der Waals surface area contributed by atoms with Crippen molar-refractivity contribution in [1.29, 1.82) is 0 Å². The van der Waals surface area contributed by atoms with Crippen LogP contribution in [0, 0.1) is 5.92 Å². The fourth-order valence-electron chi connectivity index (χ4n) is 3.43. The van der Waals surface area contributed by atoms with E-state index in [0.717, 1.165) is 31.2 Å². The summed E-state index contributed by atoms with van der Waals surface area (Å²) in [5, 5.41) is 3.12. The van der Waals surface area contributed by atoms with E-state index in [1.54, 1.807) is 6.07 Å². The van der Waals surface area contributed by atoms with Gasteiger partial charge in [0, 0.05) is 12.1 Å². The summed E-state index contributed by atoms with van der Waals surface area (Å²) in [6.07, 6.45) is 3.85. The Hall–Kier alpha value is -1.89. The lowest BCUT2D eigenvalue weighted by atomic mass is 10.1. The number of nitrogens with one attached hydrogen (secondary N) is 2. The van der Waals surface area contributed by atoms with Crippen LogP contribution in [-0.2, 0) is 16.4 Å². The summed E-state index contributed by atoms with van der Waals surface area (Å²) in [5.74, 6) is 0.111. The Kier molecular flexibility index (Phi) is 4.97. The van der Waals surface area contributed by atoms with E-state index in [1.807, 2.05) is 18.2 Å². The summed E-state index contributed by atoms with van der Waals surface area (Å²) in [4.78, 5) is 12.7. The fraction of sp³-hybridized carbons (Fsp3) is 0.350. The third kappa shape index (κ3) is 4.03. The first-order valence-electron chi connectivity index (χ1n) is 9.12. The monoisotopic (exact) mass is 404 g/mol. The largest absolute Gasteiger partial charge is 0.345 e. The number of carbonyl (C=O) groups is 1. The quantitative estimate of drug-likeness (QED) is 0.774. The number of aryl methyl sites for hydroxylation is 1. The lowest BCUT2D eigenvalue weighted by molar-refractivity contribution is 0.0936. The van der Waals surface area contributed by atoms with Crippen LogP contribution in [0.3, 0.4) is 0 Å². The molecule has 0 aliphatic heterocycles. The standard InChI is InChI=1S/C20H21ClN2O3S/c21-17-9-7-15(11-19(17)27(25,26)22-12-13-5-6-13)20(24)23-18-10-8-14-3-1-2-4-16(14)18/h1-4,7,9,11,13,18,22H,5-6,8,10,12H2,(H,23,24). The average molecular weight is 405 g/mol. The van der Waals surface area contributed by atoms with E-state index in [9.17, 15) is 13.2 Å². The molecule has 2 aliphatic carbocycles. The lowest BCUT2D eigenvalue weighted by Gasteiger charge is -2.15. The van der Waals surface area contributed by atoms with Crippen LogP contribution in [0.5, 0.6) is 0 Å². The minimum atomic E-state index is -3.74. The fourth-order valence-corrected chi connectivity index (χ4v) is 5.07. The Balaban J connectivity index is 1.53. The molecule has 0 heterocycles. The van der Waals surface area contributed by atoms with Gasteiger partial charge in [-0.2, -0.15) is 0 Å². The molecule has 0 aromatic heterocycles. The summed E-state index contributed by atoms with van der Waals surface area (Å²) >= 11 is 6.10. The van der Waals surface area contributed by atoms with E-state index >= 15 is 0 Å². The Bertz CT molecular complexity index is 986. The van der Waals surface area contributed by atoms with Crippen molar-refractivity contribution in [3.05, 3.63) is 64.2 Å². The molecular weight excluding hydrogens is 384 g/mol. The SMILES string of the molecule is O=C(NC1CCc2ccccc21)c1ccc(Cl)c(S(=O)(=O)NCC2CC2)c1. The van der Waals surface area contributed by atoms with Crippen LogP contribution in [0.4, 0.5) is 0 Å². The molecule has 0 bridgehead atoms. The number of amides is 1. The van der Waals surface area contributed by atoms with Gasteiger partial charge in [-0.15, -0.1) is 0 Å². The maximum absolute atomic E-state index is 12.7. The molecule has 2 aliphatic rings. The van der Waals surface area contributed by atoms with Gasteiger partial charge in [0.15, 0.2) is 0 Å². The van der Waals surface area contributed by atoms with Gasteiger partial charge in [0.25, 0.3) is 5.91 Å². The molecular formula is C20H21ClN2O3S. The molecule has 1 saturated carbocycles. The van der Waals surface area contributed by atoms with Crippen LogP contribution in [0.2, 0.25) is 5.02 Å². The van der Waals surface area contributed by atoms with Gasteiger partial charge in [-0.3, -0.25) is 4.79 Å². The number of hydrogen-bond donors (Lipinski definition) is 2. The zero-order valence-corrected chi connectivity index (χ0v) is 16.3. The molecule has 142 valence electrons. The maximum Gasteiger partial charge on any atom is 0.251 e. The minimum Gasteiger partial charge on any atom is -0.345 e.